The monoisotopic (exact) mass is 682 g/mol. The van der Waals surface area contributed by atoms with Crippen LogP contribution in [0.1, 0.15) is 163 Å². The molecule has 0 bridgehead atoms. The summed E-state index contributed by atoms with van der Waals surface area (Å²) in [4.78, 5) is 54.7. The smallest absolute Gasteiger partial charge is 0.308 e. The molecule has 0 radical (unpaired) electrons. The lowest BCUT2D eigenvalue weighted by Crippen LogP contribution is -2.47. The van der Waals surface area contributed by atoms with Crippen LogP contribution in [0.2, 0.25) is 0 Å². The summed E-state index contributed by atoms with van der Waals surface area (Å²) < 4.78 is 11.1. The Morgan fingerprint density at radius 2 is 1.15 bits per heavy atom. The summed E-state index contributed by atoms with van der Waals surface area (Å²) in [7, 11) is 0. The van der Waals surface area contributed by atoms with Gasteiger partial charge in [0, 0.05) is 19.5 Å². The second-order valence-corrected chi connectivity index (χ2v) is 13.0. The van der Waals surface area contributed by atoms with E-state index in [4.69, 9.17) is 20.9 Å². The Kier molecular flexibility index (Phi) is 29.6. The van der Waals surface area contributed by atoms with E-state index < -0.39 is 6.04 Å². The van der Waals surface area contributed by atoms with Crippen molar-refractivity contribution in [3.05, 3.63) is 0 Å². The molecule has 0 aliphatic carbocycles. The average Bonchev–Trinajstić information content (AvgIpc) is 3.06. The Morgan fingerprint density at radius 3 is 1.75 bits per heavy atom. The fourth-order valence-electron chi connectivity index (χ4n) is 5.58. The summed E-state index contributed by atoms with van der Waals surface area (Å²) in [6.45, 7) is 9.84. The molecule has 48 heavy (non-hydrogen) atoms. The average molecular weight is 682 g/mol. The van der Waals surface area contributed by atoms with Crippen LogP contribution in [-0.2, 0) is 28.7 Å². The van der Waals surface area contributed by atoms with Gasteiger partial charge in [0.15, 0.2) is 5.96 Å². The number of aliphatic imine (C=N–C) groups is 1. The van der Waals surface area contributed by atoms with E-state index in [1.165, 1.54) is 12.8 Å². The van der Waals surface area contributed by atoms with Crippen LogP contribution >= 0.6 is 0 Å². The van der Waals surface area contributed by atoms with Crippen LogP contribution in [0, 0.1) is 11.8 Å². The quantitative estimate of drug-likeness (QED) is 0.0271. The lowest BCUT2D eigenvalue weighted by molar-refractivity contribution is -0.150. The third-order valence-corrected chi connectivity index (χ3v) is 8.54. The molecule has 0 spiro atoms. The van der Waals surface area contributed by atoms with Crippen LogP contribution in [-0.4, -0.2) is 62.1 Å². The van der Waals surface area contributed by atoms with Crippen LogP contribution in [0.5, 0.6) is 0 Å². The number of rotatable bonds is 32. The van der Waals surface area contributed by atoms with E-state index in [9.17, 15) is 19.2 Å². The van der Waals surface area contributed by atoms with E-state index in [-0.39, 0.29) is 60.9 Å². The Balaban J connectivity index is 4.52. The van der Waals surface area contributed by atoms with Gasteiger partial charge in [-0.05, 0) is 64.2 Å². The van der Waals surface area contributed by atoms with E-state index in [1.807, 2.05) is 0 Å². The molecule has 0 aromatic carbocycles. The number of unbranched alkanes of at least 4 members (excludes halogenated alkanes) is 9. The van der Waals surface area contributed by atoms with Gasteiger partial charge in [0.2, 0.25) is 11.8 Å². The number of nitrogens with one attached hydrogen (secondary N) is 2. The van der Waals surface area contributed by atoms with Gasteiger partial charge in [0.1, 0.15) is 6.04 Å². The SMILES string of the molecule is CCCCCCC(CCCC)C(=O)OCCCCCC(=O)N[C@@H](CCN=C(N)N)C(=O)NCCCCOC(=O)C(CCC)CCCCC. The maximum atomic E-state index is 12.9. The van der Waals surface area contributed by atoms with Crippen molar-refractivity contribution in [3.63, 3.8) is 0 Å². The van der Waals surface area contributed by atoms with Gasteiger partial charge in [-0.2, -0.15) is 0 Å². The maximum Gasteiger partial charge on any atom is 0.308 e. The molecule has 6 N–H and O–H groups in total. The summed E-state index contributed by atoms with van der Waals surface area (Å²) in [5.74, 6) is -0.866. The number of esters is 2. The van der Waals surface area contributed by atoms with Gasteiger partial charge in [-0.15, -0.1) is 0 Å². The van der Waals surface area contributed by atoms with Gasteiger partial charge in [-0.25, -0.2) is 0 Å². The minimum Gasteiger partial charge on any atom is -0.465 e. The molecule has 3 atom stereocenters. The summed E-state index contributed by atoms with van der Waals surface area (Å²) in [6, 6.07) is -0.769. The van der Waals surface area contributed by atoms with Crippen LogP contribution in [0.25, 0.3) is 0 Å². The van der Waals surface area contributed by atoms with Crippen LogP contribution in [0.3, 0.4) is 0 Å². The number of hydrogen-bond acceptors (Lipinski definition) is 7. The van der Waals surface area contributed by atoms with Crippen molar-refractivity contribution in [1.29, 1.82) is 0 Å². The molecule has 0 saturated carbocycles. The lowest BCUT2D eigenvalue weighted by atomic mass is 9.95. The van der Waals surface area contributed by atoms with Crippen molar-refractivity contribution in [3.8, 4) is 0 Å². The summed E-state index contributed by atoms with van der Waals surface area (Å²) in [5.41, 5.74) is 10.9. The molecule has 2 unspecified atom stereocenters. The van der Waals surface area contributed by atoms with Crippen LogP contribution < -0.4 is 22.1 Å². The molecule has 0 fully saturated rings. The zero-order valence-corrected chi connectivity index (χ0v) is 31.0. The number of ether oxygens (including phenoxy) is 2. The van der Waals surface area contributed by atoms with Gasteiger partial charge < -0.3 is 31.6 Å². The fraction of sp³-hybridized carbons (Fsp3) is 0.865. The first-order valence-electron chi connectivity index (χ1n) is 19.2. The zero-order chi connectivity index (χ0) is 35.8. The minimum absolute atomic E-state index is 0.0180. The third kappa shape index (κ3) is 25.2. The largest absolute Gasteiger partial charge is 0.465 e. The first-order valence-corrected chi connectivity index (χ1v) is 19.2. The highest BCUT2D eigenvalue weighted by Gasteiger charge is 2.22. The molecule has 280 valence electrons. The Bertz CT molecular complexity index is 880. The van der Waals surface area contributed by atoms with Crippen molar-refractivity contribution >= 4 is 29.7 Å². The van der Waals surface area contributed by atoms with Crippen molar-refractivity contribution in [2.45, 2.75) is 169 Å². The van der Waals surface area contributed by atoms with E-state index in [0.29, 0.717) is 45.4 Å². The molecule has 11 nitrogen and oxygen atoms in total. The van der Waals surface area contributed by atoms with E-state index in [2.05, 4.69) is 43.3 Å². The van der Waals surface area contributed by atoms with Gasteiger partial charge in [-0.3, -0.25) is 24.2 Å². The summed E-state index contributed by atoms with van der Waals surface area (Å²) in [5, 5.41) is 5.69. The zero-order valence-electron chi connectivity index (χ0n) is 31.0. The Hall–Kier alpha value is -2.85. The number of guanidine groups is 1. The van der Waals surface area contributed by atoms with Crippen molar-refractivity contribution < 1.29 is 28.7 Å². The first-order chi connectivity index (χ1) is 23.2. The topological polar surface area (TPSA) is 175 Å². The molecule has 0 aromatic rings. The molecular formula is C37H71N5O6. The molecule has 0 rings (SSSR count). The van der Waals surface area contributed by atoms with E-state index in [0.717, 1.165) is 83.5 Å². The Labute approximate surface area is 291 Å². The Morgan fingerprint density at radius 1 is 0.604 bits per heavy atom. The third-order valence-electron chi connectivity index (χ3n) is 8.54. The highest BCUT2D eigenvalue weighted by atomic mass is 16.5. The summed E-state index contributed by atoms with van der Waals surface area (Å²) in [6.07, 6.45) is 18.3. The molecule has 0 aliphatic rings. The minimum atomic E-state index is -0.769. The van der Waals surface area contributed by atoms with Gasteiger partial charge in [0.25, 0.3) is 0 Å². The second kappa shape index (κ2) is 31.4. The predicted octanol–water partition coefficient (Wildman–Crippen LogP) is 6.45. The predicted molar refractivity (Wildman–Crippen MR) is 194 cm³/mol. The standard InChI is InChI=1S/C37H71N5O6/c1-5-9-12-15-23-31(21-11-7-3)36(46)47-28-18-13-16-24-33(43)42-32(25-27-41-37(38)39)34(44)40-26-17-19-29-48-35(45)30(20-8-4)22-14-10-6-2/h30-32H,5-29H2,1-4H3,(H,40,44)(H,42,43)(H4,38,39,41)/t30?,31?,32-/m0/s1. The molecule has 0 aliphatic heterocycles. The highest BCUT2D eigenvalue weighted by Crippen LogP contribution is 2.20. The molecule has 0 heterocycles. The van der Waals surface area contributed by atoms with E-state index in [1.54, 1.807) is 0 Å². The normalized spacial score (nSPS) is 12.8. The van der Waals surface area contributed by atoms with Crippen molar-refractivity contribution in [1.82, 2.24) is 10.6 Å². The van der Waals surface area contributed by atoms with E-state index >= 15 is 0 Å². The second-order valence-electron chi connectivity index (χ2n) is 13.0. The van der Waals surface area contributed by atoms with Crippen LogP contribution in [0.15, 0.2) is 4.99 Å². The number of carbonyl (C=O) groups excluding carboxylic acids is 4. The molecule has 0 saturated heterocycles. The van der Waals surface area contributed by atoms with Gasteiger partial charge in [0.05, 0.1) is 25.0 Å². The summed E-state index contributed by atoms with van der Waals surface area (Å²) >= 11 is 0. The molecule has 2 amide bonds. The number of amides is 2. The fourth-order valence-corrected chi connectivity index (χ4v) is 5.58. The molecule has 0 aromatic heterocycles. The number of nitrogens with zero attached hydrogens (tertiary/aromatic N) is 1. The van der Waals surface area contributed by atoms with Crippen molar-refractivity contribution in [2.75, 3.05) is 26.3 Å². The van der Waals surface area contributed by atoms with Gasteiger partial charge >= 0.3 is 11.9 Å². The first kappa shape index (κ1) is 45.2. The van der Waals surface area contributed by atoms with Gasteiger partial charge in [-0.1, -0.05) is 91.9 Å². The highest BCUT2D eigenvalue weighted by molar-refractivity contribution is 5.87. The number of nitrogens with two attached hydrogens (primary N) is 2. The lowest BCUT2D eigenvalue weighted by Gasteiger charge is -2.18. The maximum absolute atomic E-state index is 12.9. The van der Waals surface area contributed by atoms with Crippen LogP contribution in [0.4, 0.5) is 0 Å². The number of carbonyl (C=O) groups is 4. The number of hydrogen-bond donors (Lipinski definition) is 4. The van der Waals surface area contributed by atoms with Crippen molar-refractivity contribution in [2.24, 2.45) is 28.3 Å². The molecular weight excluding hydrogens is 610 g/mol. The molecule has 11 heteroatoms.